The second-order valence-corrected chi connectivity index (χ2v) is 7.11. The van der Waals surface area contributed by atoms with Gasteiger partial charge in [0.25, 0.3) is 11.8 Å². The smallest absolute Gasteiger partial charge is 0.344 e. The Morgan fingerprint density at radius 3 is 1.21 bits per heavy atom. The molecule has 0 aliphatic carbocycles. The normalized spacial score (nSPS) is 13.4. The number of halogens is 4. The molecule has 1 aliphatic heterocycles. The molecule has 8 nitrogen and oxygen atoms in total. The third kappa shape index (κ3) is 5.69. The molecule has 1 fully saturated rings. The predicted octanol–water partition coefficient (Wildman–Crippen LogP) is 1.93. The number of carbonyl (C=O) groups excluding carboxylic acids is 4. The summed E-state index contributed by atoms with van der Waals surface area (Å²) in [5.41, 5.74) is -1.81. The van der Waals surface area contributed by atoms with Gasteiger partial charge in [-0.05, 0) is 24.3 Å². The number of ether oxygens (including phenoxy) is 2. The first-order valence-corrected chi connectivity index (χ1v) is 9.97. The van der Waals surface area contributed by atoms with E-state index in [1.165, 1.54) is 9.80 Å². The largest absolute Gasteiger partial charge is 0.452 e. The number of nitrogens with zero attached hydrogens (tertiary/aromatic N) is 2. The topological polar surface area (TPSA) is 93.2 Å². The standard InChI is InChI=1S/C22H18F4N2O6/c23-13-3-1-4-14(24)19(13)21(31)33-11-17(29)27-7-9-28(10-8-27)18(30)12-34-22(32)20-15(25)5-2-6-16(20)26/h1-6H,7-12H2. The summed E-state index contributed by atoms with van der Waals surface area (Å²) in [6.45, 7) is -1.32. The zero-order valence-electron chi connectivity index (χ0n) is 17.6. The van der Waals surface area contributed by atoms with Crippen LogP contribution in [-0.4, -0.2) is 72.9 Å². The molecule has 0 bridgehead atoms. The van der Waals surface area contributed by atoms with Crippen LogP contribution in [0.15, 0.2) is 36.4 Å². The number of hydrogen-bond acceptors (Lipinski definition) is 6. The van der Waals surface area contributed by atoms with Gasteiger partial charge in [0.2, 0.25) is 0 Å². The average Bonchev–Trinajstić information content (AvgIpc) is 2.81. The third-order valence-electron chi connectivity index (χ3n) is 4.97. The Labute approximate surface area is 190 Å². The number of carbonyl (C=O) groups is 4. The van der Waals surface area contributed by atoms with Crippen molar-refractivity contribution in [3.05, 3.63) is 70.8 Å². The van der Waals surface area contributed by atoms with Crippen molar-refractivity contribution >= 4 is 23.8 Å². The van der Waals surface area contributed by atoms with Crippen LogP contribution >= 0.6 is 0 Å². The molecule has 0 unspecified atom stereocenters. The van der Waals surface area contributed by atoms with E-state index in [4.69, 9.17) is 9.47 Å². The van der Waals surface area contributed by atoms with Crippen LogP contribution in [0.2, 0.25) is 0 Å². The molecule has 34 heavy (non-hydrogen) atoms. The zero-order valence-corrected chi connectivity index (χ0v) is 17.6. The van der Waals surface area contributed by atoms with E-state index >= 15 is 0 Å². The van der Waals surface area contributed by atoms with Crippen LogP contribution in [0.1, 0.15) is 20.7 Å². The van der Waals surface area contributed by atoms with Gasteiger partial charge >= 0.3 is 11.9 Å². The van der Waals surface area contributed by atoms with Gasteiger partial charge in [-0.2, -0.15) is 0 Å². The minimum absolute atomic E-state index is 0.0477. The molecule has 0 atom stereocenters. The minimum Gasteiger partial charge on any atom is -0.452 e. The second kappa shape index (κ2) is 10.8. The van der Waals surface area contributed by atoms with E-state index < -0.39 is 71.4 Å². The Hall–Kier alpha value is -3.96. The zero-order chi connectivity index (χ0) is 24.8. The lowest BCUT2D eigenvalue weighted by molar-refractivity contribution is -0.142. The first-order chi connectivity index (χ1) is 16.2. The lowest BCUT2D eigenvalue weighted by Crippen LogP contribution is -2.52. The number of hydrogen-bond donors (Lipinski definition) is 0. The molecule has 1 heterocycles. The predicted molar refractivity (Wildman–Crippen MR) is 106 cm³/mol. The highest BCUT2D eigenvalue weighted by Gasteiger charge is 2.27. The summed E-state index contributed by atoms with van der Waals surface area (Å²) in [6, 6.07) is 5.66. The van der Waals surface area contributed by atoms with Crippen molar-refractivity contribution in [2.75, 3.05) is 39.4 Å². The lowest BCUT2D eigenvalue weighted by atomic mass is 10.2. The molecule has 0 N–H and O–H groups in total. The molecule has 1 saturated heterocycles. The molecular formula is C22H18F4N2O6. The van der Waals surface area contributed by atoms with Crippen molar-refractivity contribution in [1.82, 2.24) is 9.80 Å². The van der Waals surface area contributed by atoms with Crippen molar-refractivity contribution < 1.29 is 46.2 Å². The van der Waals surface area contributed by atoms with E-state index in [0.29, 0.717) is 0 Å². The van der Waals surface area contributed by atoms with Gasteiger partial charge in [-0.15, -0.1) is 0 Å². The maximum Gasteiger partial charge on any atom is 0.344 e. The Morgan fingerprint density at radius 1 is 0.618 bits per heavy atom. The molecular weight excluding hydrogens is 464 g/mol. The number of amides is 2. The van der Waals surface area contributed by atoms with Crippen molar-refractivity contribution in [2.45, 2.75) is 0 Å². The van der Waals surface area contributed by atoms with Crippen molar-refractivity contribution in [2.24, 2.45) is 0 Å². The summed E-state index contributed by atoms with van der Waals surface area (Å²) in [7, 11) is 0. The fourth-order valence-corrected chi connectivity index (χ4v) is 3.17. The first-order valence-electron chi connectivity index (χ1n) is 9.97. The maximum atomic E-state index is 13.6. The fourth-order valence-electron chi connectivity index (χ4n) is 3.17. The number of rotatable bonds is 6. The fraction of sp³-hybridized carbons (Fsp3) is 0.273. The van der Waals surface area contributed by atoms with E-state index in [2.05, 4.69) is 0 Å². The number of esters is 2. The van der Waals surface area contributed by atoms with E-state index in [9.17, 15) is 36.7 Å². The van der Waals surface area contributed by atoms with Crippen molar-refractivity contribution in [3.8, 4) is 0 Å². The summed E-state index contributed by atoms with van der Waals surface area (Å²) in [4.78, 5) is 50.8. The third-order valence-corrected chi connectivity index (χ3v) is 4.97. The van der Waals surface area contributed by atoms with Gasteiger partial charge in [-0.25, -0.2) is 27.2 Å². The van der Waals surface area contributed by atoms with Gasteiger partial charge in [0.15, 0.2) is 13.2 Å². The molecule has 0 spiro atoms. The van der Waals surface area contributed by atoms with Gasteiger partial charge < -0.3 is 19.3 Å². The van der Waals surface area contributed by atoms with Crippen LogP contribution < -0.4 is 0 Å². The highest BCUT2D eigenvalue weighted by Crippen LogP contribution is 2.15. The molecule has 2 amide bonds. The Bertz CT molecular complexity index is 991. The summed E-state index contributed by atoms with van der Waals surface area (Å²) in [5, 5.41) is 0. The number of benzene rings is 2. The molecule has 180 valence electrons. The highest BCUT2D eigenvalue weighted by molar-refractivity contribution is 5.92. The van der Waals surface area contributed by atoms with Crippen molar-refractivity contribution in [3.63, 3.8) is 0 Å². The average molecular weight is 482 g/mol. The van der Waals surface area contributed by atoms with Gasteiger partial charge in [-0.1, -0.05) is 12.1 Å². The lowest BCUT2D eigenvalue weighted by Gasteiger charge is -2.34. The van der Waals surface area contributed by atoms with Crippen LogP contribution in [0, 0.1) is 23.3 Å². The minimum atomic E-state index is -1.33. The van der Waals surface area contributed by atoms with Crippen LogP contribution in [0.25, 0.3) is 0 Å². The van der Waals surface area contributed by atoms with Crippen LogP contribution in [-0.2, 0) is 19.1 Å². The Kier molecular flexibility index (Phi) is 7.82. The van der Waals surface area contributed by atoms with Gasteiger partial charge in [0, 0.05) is 26.2 Å². The van der Waals surface area contributed by atoms with Gasteiger partial charge in [0.05, 0.1) is 0 Å². The van der Waals surface area contributed by atoms with Crippen LogP contribution in [0.5, 0.6) is 0 Å². The maximum absolute atomic E-state index is 13.6. The molecule has 0 radical (unpaired) electrons. The van der Waals surface area contributed by atoms with Gasteiger partial charge in [0.1, 0.15) is 34.4 Å². The van der Waals surface area contributed by atoms with Crippen molar-refractivity contribution in [1.29, 1.82) is 0 Å². The molecule has 1 aliphatic rings. The Morgan fingerprint density at radius 2 is 0.912 bits per heavy atom. The highest BCUT2D eigenvalue weighted by atomic mass is 19.1. The first kappa shape index (κ1) is 24.7. The molecule has 12 heteroatoms. The van der Waals surface area contributed by atoms with E-state index in [-0.39, 0.29) is 26.2 Å². The van der Waals surface area contributed by atoms with Crippen LogP contribution in [0.3, 0.4) is 0 Å². The molecule has 2 aromatic rings. The SMILES string of the molecule is O=C(OCC(=O)N1CCN(C(=O)COC(=O)c2c(F)cccc2F)CC1)c1c(F)cccc1F. The monoisotopic (exact) mass is 482 g/mol. The molecule has 2 aromatic carbocycles. The summed E-state index contributed by atoms with van der Waals surface area (Å²) >= 11 is 0. The van der Waals surface area contributed by atoms with Crippen LogP contribution in [0.4, 0.5) is 17.6 Å². The quantitative estimate of drug-likeness (QED) is 0.462. The summed E-state index contributed by atoms with van der Waals surface area (Å²) < 4.78 is 63.8. The van der Waals surface area contributed by atoms with Gasteiger partial charge in [-0.3, -0.25) is 9.59 Å². The molecule has 0 aromatic heterocycles. The summed E-state index contributed by atoms with van der Waals surface area (Å²) in [6.07, 6.45) is 0. The number of piperazine rings is 1. The molecule has 0 saturated carbocycles. The molecule has 3 rings (SSSR count). The Balaban J connectivity index is 1.44. The second-order valence-electron chi connectivity index (χ2n) is 7.11. The summed E-state index contributed by atoms with van der Waals surface area (Å²) in [5.74, 6) is -8.42. The van der Waals surface area contributed by atoms with E-state index in [1.807, 2.05) is 0 Å². The van der Waals surface area contributed by atoms with E-state index in [0.717, 1.165) is 36.4 Å². The van der Waals surface area contributed by atoms with E-state index in [1.54, 1.807) is 0 Å².